The van der Waals surface area contributed by atoms with E-state index in [9.17, 15) is 9.59 Å². The van der Waals surface area contributed by atoms with Crippen LogP contribution in [-0.2, 0) is 6.54 Å². The molecule has 2 aromatic heterocycles. The third kappa shape index (κ3) is 3.91. The molecule has 3 N–H and O–H groups in total. The molecule has 4 aromatic rings. The van der Waals surface area contributed by atoms with E-state index in [0.29, 0.717) is 22.5 Å². The minimum Gasteiger partial charge on any atom is -0.496 e. The monoisotopic (exact) mass is 450 g/mol. The molecule has 0 unspecified atom stereocenters. The van der Waals surface area contributed by atoms with Crippen molar-refractivity contribution in [2.75, 3.05) is 12.8 Å². The van der Waals surface area contributed by atoms with Gasteiger partial charge in [-0.25, -0.2) is 19.2 Å². The van der Waals surface area contributed by atoms with Crippen molar-refractivity contribution in [3.63, 3.8) is 0 Å². The van der Waals surface area contributed by atoms with Crippen LogP contribution in [0, 0.1) is 5.82 Å². The first kappa shape index (κ1) is 22.0. The SMILES string of the molecule is COc1ccccc1C(=O)NCc1ccc(-n2c(=O)n(C(C)C)c3ncnc(N)c32)c(F)c1. The maximum absolute atomic E-state index is 15.2. The first-order chi connectivity index (χ1) is 15.8. The molecule has 0 saturated carbocycles. The Morgan fingerprint density at radius 1 is 1.21 bits per heavy atom. The summed E-state index contributed by atoms with van der Waals surface area (Å²) in [4.78, 5) is 33.8. The van der Waals surface area contributed by atoms with E-state index >= 15 is 4.39 Å². The molecule has 2 heterocycles. The summed E-state index contributed by atoms with van der Waals surface area (Å²) in [5, 5.41) is 2.75. The first-order valence-corrected chi connectivity index (χ1v) is 10.3. The van der Waals surface area contributed by atoms with Crippen LogP contribution in [-0.4, -0.2) is 32.1 Å². The number of carbonyl (C=O) groups is 1. The summed E-state index contributed by atoms with van der Waals surface area (Å²) in [5.74, 6) is -0.480. The highest BCUT2D eigenvalue weighted by Crippen LogP contribution is 2.24. The number of imidazole rings is 1. The van der Waals surface area contributed by atoms with E-state index in [1.807, 2.05) is 13.8 Å². The van der Waals surface area contributed by atoms with Crippen molar-refractivity contribution >= 4 is 22.9 Å². The van der Waals surface area contributed by atoms with E-state index in [1.54, 1.807) is 30.3 Å². The lowest BCUT2D eigenvalue weighted by atomic mass is 10.1. The standard InChI is InChI=1S/C23H23FN6O3/c1-13(2)29-21-19(20(25)27-12-28-21)30(23(29)32)17-9-8-14(10-16(17)24)11-26-22(31)15-6-4-5-7-18(15)33-3/h4-10,12-13H,11H2,1-3H3,(H,26,31)(H2,25,27,28). The number of hydrogen-bond acceptors (Lipinski definition) is 6. The number of fused-ring (bicyclic) bond motifs is 1. The van der Waals surface area contributed by atoms with Gasteiger partial charge in [-0.1, -0.05) is 18.2 Å². The summed E-state index contributed by atoms with van der Waals surface area (Å²) < 4.78 is 23.0. The molecule has 0 spiro atoms. The maximum atomic E-state index is 15.2. The van der Waals surface area contributed by atoms with Crippen LogP contribution in [0.1, 0.15) is 35.8 Å². The second-order valence-corrected chi connectivity index (χ2v) is 7.68. The highest BCUT2D eigenvalue weighted by atomic mass is 19.1. The molecule has 0 aliphatic heterocycles. The van der Waals surface area contributed by atoms with Crippen molar-refractivity contribution in [3.05, 3.63) is 76.2 Å². The third-order valence-corrected chi connectivity index (χ3v) is 5.25. The number of anilines is 1. The Hall–Kier alpha value is -4.21. The molecular weight excluding hydrogens is 427 g/mol. The van der Waals surface area contributed by atoms with Gasteiger partial charge in [-0.2, -0.15) is 0 Å². The number of halogens is 1. The van der Waals surface area contributed by atoms with Crippen LogP contribution in [0.4, 0.5) is 10.2 Å². The zero-order valence-electron chi connectivity index (χ0n) is 18.4. The normalized spacial score (nSPS) is 11.2. The van der Waals surface area contributed by atoms with Gasteiger partial charge in [0.05, 0.1) is 18.4 Å². The predicted octanol–water partition coefficient (Wildman–Crippen LogP) is 2.82. The molecule has 0 radical (unpaired) electrons. The molecule has 4 rings (SSSR count). The average Bonchev–Trinajstić information content (AvgIpc) is 3.10. The summed E-state index contributed by atoms with van der Waals surface area (Å²) >= 11 is 0. The summed E-state index contributed by atoms with van der Waals surface area (Å²) in [6.07, 6.45) is 1.27. The van der Waals surface area contributed by atoms with E-state index in [-0.39, 0.29) is 35.5 Å². The highest BCUT2D eigenvalue weighted by molar-refractivity contribution is 5.96. The number of nitrogen functional groups attached to an aromatic ring is 1. The molecule has 0 aliphatic rings. The third-order valence-electron chi connectivity index (χ3n) is 5.25. The molecule has 1 amide bonds. The molecule has 0 saturated heterocycles. The summed E-state index contributed by atoms with van der Waals surface area (Å²) in [7, 11) is 1.48. The fourth-order valence-electron chi connectivity index (χ4n) is 3.71. The van der Waals surface area contributed by atoms with Crippen LogP contribution in [0.3, 0.4) is 0 Å². The molecule has 0 aliphatic carbocycles. The van der Waals surface area contributed by atoms with Crippen molar-refractivity contribution in [1.29, 1.82) is 0 Å². The van der Waals surface area contributed by atoms with E-state index in [2.05, 4.69) is 15.3 Å². The number of carbonyl (C=O) groups excluding carboxylic acids is 1. The number of rotatable bonds is 6. The van der Waals surface area contributed by atoms with Crippen molar-refractivity contribution in [1.82, 2.24) is 24.4 Å². The first-order valence-electron chi connectivity index (χ1n) is 10.3. The zero-order valence-corrected chi connectivity index (χ0v) is 18.4. The Labute approximate surface area is 188 Å². The molecule has 0 fully saturated rings. The number of nitrogens with zero attached hydrogens (tertiary/aromatic N) is 4. The fourth-order valence-corrected chi connectivity index (χ4v) is 3.71. The number of ether oxygens (including phenoxy) is 1. The number of benzene rings is 2. The molecule has 2 aromatic carbocycles. The lowest BCUT2D eigenvalue weighted by Gasteiger charge is -2.11. The quantitative estimate of drug-likeness (QED) is 0.467. The van der Waals surface area contributed by atoms with E-state index < -0.39 is 11.5 Å². The van der Waals surface area contributed by atoms with Crippen LogP contribution in [0.25, 0.3) is 16.9 Å². The zero-order chi connectivity index (χ0) is 23.7. The number of methoxy groups -OCH3 is 1. The molecule has 10 heteroatoms. The Morgan fingerprint density at radius 2 is 1.97 bits per heavy atom. The minimum atomic E-state index is -0.646. The lowest BCUT2D eigenvalue weighted by molar-refractivity contribution is 0.0948. The van der Waals surface area contributed by atoms with Crippen molar-refractivity contribution in [3.8, 4) is 11.4 Å². The van der Waals surface area contributed by atoms with Crippen molar-refractivity contribution < 1.29 is 13.9 Å². The number of para-hydroxylation sites is 1. The molecule has 9 nitrogen and oxygen atoms in total. The number of nitrogens with one attached hydrogen (secondary N) is 1. The van der Waals surface area contributed by atoms with Gasteiger partial charge < -0.3 is 15.8 Å². The van der Waals surface area contributed by atoms with E-state index in [1.165, 1.54) is 34.7 Å². The molecule has 33 heavy (non-hydrogen) atoms. The van der Waals surface area contributed by atoms with Crippen LogP contribution in [0.15, 0.2) is 53.6 Å². The topological polar surface area (TPSA) is 117 Å². The van der Waals surface area contributed by atoms with Crippen LogP contribution >= 0.6 is 0 Å². The number of nitrogens with two attached hydrogens (primary N) is 1. The molecule has 0 bridgehead atoms. The second kappa shape index (κ2) is 8.73. The Kier molecular flexibility index (Phi) is 5.82. The van der Waals surface area contributed by atoms with Gasteiger partial charge in [0.15, 0.2) is 11.5 Å². The summed E-state index contributed by atoms with van der Waals surface area (Å²) in [5.41, 5.74) is 7.03. The molecular formula is C23H23FN6O3. The Balaban J connectivity index is 1.67. The lowest BCUT2D eigenvalue weighted by Crippen LogP contribution is -2.25. The Bertz CT molecular complexity index is 1410. The van der Waals surface area contributed by atoms with Gasteiger partial charge in [0, 0.05) is 12.6 Å². The number of hydrogen-bond donors (Lipinski definition) is 2. The van der Waals surface area contributed by atoms with Crippen molar-refractivity contribution in [2.45, 2.75) is 26.4 Å². The van der Waals surface area contributed by atoms with Gasteiger partial charge in [-0.3, -0.25) is 13.9 Å². The van der Waals surface area contributed by atoms with Gasteiger partial charge in [0.1, 0.15) is 23.4 Å². The van der Waals surface area contributed by atoms with Gasteiger partial charge in [0.2, 0.25) is 0 Å². The molecule has 170 valence electrons. The van der Waals surface area contributed by atoms with E-state index in [4.69, 9.17) is 10.5 Å². The largest absolute Gasteiger partial charge is 0.496 e. The van der Waals surface area contributed by atoms with Crippen LogP contribution < -0.4 is 21.5 Å². The fraction of sp³-hybridized carbons (Fsp3) is 0.217. The van der Waals surface area contributed by atoms with Crippen LogP contribution in [0.5, 0.6) is 5.75 Å². The van der Waals surface area contributed by atoms with Gasteiger partial charge in [-0.15, -0.1) is 0 Å². The number of amides is 1. The minimum absolute atomic E-state index is 0.0192. The second-order valence-electron chi connectivity index (χ2n) is 7.68. The van der Waals surface area contributed by atoms with Gasteiger partial charge in [-0.05, 0) is 43.7 Å². The summed E-state index contributed by atoms with van der Waals surface area (Å²) in [6.45, 7) is 3.74. The summed E-state index contributed by atoms with van der Waals surface area (Å²) in [6, 6.07) is 11.0. The van der Waals surface area contributed by atoms with Crippen LogP contribution in [0.2, 0.25) is 0 Å². The smallest absolute Gasteiger partial charge is 0.335 e. The van der Waals surface area contributed by atoms with E-state index in [0.717, 1.165) is 0 Å². The number of aromatic nitrogens is 4. The maximum Gasteiger partial charge on any atom is 0.335 e. The van der Waals surface area contributed by atoms with Gasteiger partial charge >= 0.3 is 5.69 Å². The van der Waals surface area contributed by atoms with Gasteiger partial charge in [0.25, 0.3) is 5.91 Å². The Morgan fingerprint density at radius 3 is 2.67 bits per heavy atom. The predicted molar refractivity (Wildman–Crippen MR) is 122 cm³/mol. The molecule has 0 atom stereocenters. The average molecular weight is 450 g/mol. The highest BCUT2D eigenvalue weighted by Gasteiger charge is 2.22. The van der Waals surface area contributed by atoms with Crippen molar-refractivity contribution in [2.24, 2.45) is 0 Å².